The van der Waals surface area contributed by atoms with Crippen molar-refractivity contribution in [2.75, 3.05) is 68.8 Å². The molecule has 0 unspecified atom stereocenters. The number of hydrogen-bond donors (Lipinski definition) is 1. The van der Waals surface area contributed by atoms with Gasteiger partial charge < -0.3 is 19.4 Å². The number of aryl methyl sites for hydroxylation is 1. The Hall–Kier alpha value is -4.13. The van der Waals surface area contributed by atoms with Gasteiger partial charge in [-0.25, -0.2) is 4.98 Å². The van der Waals surface area contributed by atoms with Gasteiger partial charge in [0.1, 0.15) is 11.3 Å². The van der Waals surface area contributed by atoms with Crippen molar-refractivity contribution in [1.82, 2.24) is 30.0 Å². The molecule has 2 aromatic heterocycles. The van der Waals surface area contributed by atoms with E-state index in [0.29, 0.717) is 17.0 Å². The number of hydrogen-bond acceptors (Lipinski definition) is 8. The van der Waals surface area contributed by atoms with Crippen LogP contribution in [-0.2, 0) is 4.79 Å². The third kappa shape index (κ3) is 5.25. The SMILES string of the molecule is CC(=O)N1CC2(CCN(c3nc(N4CC(C)(N5CCC5)C4)nc4c(OCC(F)(F)F)c(-c5c(C)ccc6[nH]ncc56)c(C5CC5)cc34)CC2)C1. The van der Waals surface area contributed by atoms with E-state index in [1.54, 1.807) is 13.1 Å². The molecule has 9 rings (SSSR count). The quantitative estimate of drug-likeness (QED) is 0.252. The molecule has 4 aromatic rings. The molecule has 1 spiro atoms. The Balaban J connectivity index is 1.22. The summed E-state index contributed by atoms with van der Waals surface area (Å²) in [6.45, 7) is 11.2. The van der Waals surface area contributed by atoms with E-state index >= 15 is 0 Å². The Labute approximate surface area is 288 Å². The Bertz CT molecular complexity index is 2000. The molecule has 0 bridgehead atoms. The van der Waals surface area contributed by atoms with Crippen LogP contribution < -0.4 is 14.5 Å². The molecular weight excluding hydrogens is 645 g/mol. The summed E-state index contributed by atoms with van der Waals surface area (Å²) in [5, 5.41) is 8.91. The standard InChI is InChI=1S/C37H43F3N8O2/c1-22-5-8-28-27(16-41-44-28)29(22)30-25(24-6-7-24)15-26-31(32(30)50-21-37(38,39)40)42-34(47-17-35(3,18-47)48-11-4-12-48)43-33(26)45-13-9-36(10-14-45)19-46(20-36)23(2)49/h5,8,15-16,24H,4,6-7,9-14,17-21H2,1-3H3,(H,41,44). The highest BCUT2D eigenvalue weighted by molar-refractivity contribution is 6.06. The highest BCUT2D eigenvalue weighted by atomic mass is 19.4. The summed E-state index contributed by atoms with van der Waals surface area (Å²) < 4.78 is 48.1. The van der Waals surface area contributed by atoms with Crippen LogP contribution in [0.15, 0.2) is 24.4 Å². The number of rotatable bonds is 7. The van der Waals surface area contributed by atoms with Crippen molar-refractivity contribution < 1.29 is 22.7 Å². The normalized spacial score (nSPS) is 21.8. The van der Waals surface area contributed by atoms with Crippen LogP contribution in [-0.4, -0.2) is 107 Å². The fourth-order valence-corrected chi connectivity index (χ4v) is 8.81. The lowest BCUT2D eigenvalue weighted by Crippen LogP contribution is -2.71. The van der Waals surface area contributed by atoms with Gasteiger partial charge in [0, 0.05) is 81.0 Å². The van der Waals surface area contributed by atoms with Crippen molar-refractivity contribution in [3.05, 3.63) is 35.5 Å². The van der Waals surface area contributed by atoms with E-state index in [4.69, 9.17) is 14.7 Å². The smallest absolute Gasteiger partial charge is 0.422 e. The summed E-state index contributed by atoms with van der Waals surface area (Å²) >= 11 is 0. The molecule has 5 aliphatic rings. The number of anilines is 2. The highest BCUT2D eigenvalue weighted by Crippen LogP contribution is 2.53. The highest BCUT2D eigenvalue weighted by Gasteiger charge is 2.48. The average molecular weight is 689 g/mol. The summed E-state index contributed by atoms with van der Waals surface area (Å²) in [6.07, 6.45) is 2.14. The summed E-state index contributed by atoms with van der Waals surface area (Å²) in [7, 11) is 0. The van der Waals surface area contributed by atoms with E-state index in [1.165, 1.54) is 6.42 Å². The van der Waals surface area contributed by atoms with Crippen LogP contribution in [0.3, 0.4) is 0 Å². The van der Waals surface area contributed by atoms with Crippen LogP contribution in [0.25, 0.3) is 32.9 Å². The first-order valence-corrected chi connectivity index (χ1v) is 17.9. The van der Waals surface area contributed by atoms with Crippen LogP contribution in [0.5, 0.6) is 5.75 Å². The molecule has 1 aliphatic carbocycles. The number of benzene rings is 2. The maximum absolute atomic E-state index is 14.0. The molecule has 1 saturated carbocycles. The first-order chi connectivity index (χ1) is 23.9. The molecule has 1 N–H and O–H groups in total. The lowest BCUT2D eigenvalue weighted by Gasteiger charge is -2.57. The maximum Gasteiger partial charge on any atom is 0.422 e. The molecule has 1 amide bonds. The molecule has 5 fully saturated rings. The molecule has 4 aliphatic heterocycles. The molecule has 50 heavy (non-hydrogen) atoms. The molecule has 10 nitrogen and oxygen atoms in total. The van der Waals surface area contributed by atoms with Crippen molar-refractivity contribution in [3.8, 4) is 16.9 Å². The molecule has 4 saturated heterocycles. The number of piperidine rings is 1. The Morgan fingerprint density at radius 2 is 1.74 bits per heavy atom. The molecular formula is C37H43F3N8O2. The van der Waals surface area contributed by atoms with Crippen LogP contribution >= 0.6 is 0 Å². The first-order valence-electron chi connectivity index (χ1n) is 17.9. The molecule has 0 radical (unpaired) electrons. The summed E-state index contributed by atoms with van der Waals surface area (Å²) in [4.78, 5) is 31.2. The van der Waals surface area contributed by atoms with Gasteiger partial charge in [-0.2, -0.15) is 23.3 Å². The molecule has 6 heterocycles. The number of nitrogens with one attached hydrogen (secondary N) is 1. The molecule has 0 atom stereocenters. The summed E-state index contributed by atoms with van der Waals surface area (Å²) in [5.41, 5.74) is 4.76. The minimum absolute atomic E-state index is 0.0195. The van der Waals surface area contributed by atoms with Crippen LogP contribution in [0, 0.1) is 12.3 Å². The van der Waals surface area contributed by atoms with E-state index in [9.17, 15) is 18.0 Å². The molecule has 2 aromatic carbocycles. The van der Waals surface area contributed by atoms with Gasteiger partial charge in [-0.1, -0.05) is 6.07 Å². The van der Waals surface area contributed by atoms with Gasteiger partial charge >= 0.3 is 6.18 Å². The fourth-order valence-electron chi connectivity index (χ4n) is 8.81. The Kier molecular flexibility index (Phi) is 7.12. The largest absolute Gasteiger partial charge is 0.481 e. The summed E-state index contributed by atoms with van der Waals surface area (Å²) in [5.74, 6) is 1.75. The van der Waals surface area contributed by atoms with E-state index < -0.39 is 12.8 Å². The number of halogens is 3. The monoisotopic (exact) mass is 688 g/mol. The van der Waals surface area contributed by atoms with Crippen molar-refractivity contribution in [1.29, 1.82) is 0 Å². The number of amides is 1. The van der Waals surface area contributed by atoms with E-state index in [-0.39, 0.29) is 28.5 Å². The third-order valence-electron chi connectivity index (χ3n) is 12.0. The number of ether oxygens (including phenoxy) is 1. The number of likely N-dealkylation sites (tertiary alicyclic amines) is 2. The third-order valence-corrected chi connectivity index (χ3v) is 12.0. The van der Waals surface area contributed by atoms with Crippen LogP contribution in [0.2, 0.25) is 0 Å². The van der Waals surface area contributed by atoms with Gasteiger partial charge in [-0.05, 0) is 80.7 Å². The van der Waals surface area contributed by atoms with Gasteiger partial charge in [0.05, 0.1) is 17.3 Å². The zero-order valence-electron chi connectivity index (χ0n) is 28.9. The van der Waals surface area contributed by atoms with E-state index in [2.05, 4.69) is 37.9 Å². The summed E-state index contributed by atoms with van der Waals surface area (Å²) in [6, 6.07) is 6.08. The van der Waals surface area contributed by atoms with E-state index in [0.717, 1.165) is 117 Å². The fraction of sp³-hybridized carbons (Fsp3) is 0.568. The minimum Gasteiger partial charge on any atom is -0.481 e. The number of carbonyl (C=O) groups excluding carboxylic acids is 1. The van der Waals surface area contributed by atoms with Gasteiger partial charge in [-0.3, -0.25) is 14.8 Å². The second kappa shape index (κ2) is 11.2. The second-order valence-corrected chi connectivity index (χ2v) is 15.7. The van der Waals surface area contributed by atoms with Crippen LogP contribution in [0.4, 0.5) is 24.9 Å². The topological polar surface area (TPSA) is 93.7 Å². The maximum atomic E-state index is 14.0. The zero-order valence-corrected chi connectivity index (χ0v) is 28.9. The number of aromatic nitrogens is 4. The first kappa shape index (κ1) is 31.8. The van der Waals surface area contributed by atoms with Crippen molar-refractivity contribution in [2.45, 2.75) is 70.5 Å². The van der Waals surface area contributed by atoms with E-state index in [1.807, 2.05) is 24.0 Å². The predicted molar refractivity (Wildman–Crippen MR) is 186 cm³/mol. The predicted octanol–water partition coefficient (Wildman–Crippen LogP) is 6.03. The minimum atomic E-state index is -4.54. The average Bonchev–Trinajstić information content (AvgIpc) is 3.75. The number of carbonyl (C=O) groups is 1. The van der Waals surface area contributed by atoms with Gasteiger partial charge in [0.25, 0.3) is 0 Å². The number of aromatic amines is 1. The molecule has 13 heteroatoms. The number of alkyl halides is 3. The zero-order chi connectivity index (χ0) is 34.6. The lowest BCUT2D eigenvalue weighted by atomic mass is 9.72. The van der Waals surface area contributed by atoms with Gasteiger partial charge in [-0.15, -0.1) is 0 Å². The van der Waals surface area contributed by atoms with Crippen LogP contribution in [0.1, 0.15) is 63.0 Å². The van der Waals surface area contributed by atoms with Crippen molar-refractivity contribution >= 4 is 39.5 Å². The molecule has 264 valence electrons. The number of nitrogens with zero attached hydrogens (tertiary/aromatic N) is 7. The van der Waals surface area contributed by atoms with Gasteiger partial charge in [0.2, 0.25) is 11.9 Å². The number of H-pyrrole nitrogens is 1. The van der Waals surface area contributed by atoms with Crippen molar-refractivity contribution in [3.63, 3.8) is 0 Å². The second-order valence-electron chi connectivity index (χ2n) is 15.7. The Morgan fingerprint density at radius 1 is 1.00 bits per heavy atom. The Morgan fingerprint density at radius 3 is 2.38 bits per heavy atom. The van der Waals surface area contributed by atoms with Crippen molar-refractivity contribution in [2.24, 2.45) is 5.41 Å². The number of fused-ring (bicyclic) bond motifs is 2. The lowest BCUT2D eigenvalue weighted by molar-refractivity contribution is -0.153. The van der Waals surface area contributed by atoms with Gasteiger partial charge in [0.15, 0.2) is 12.4 Å².